The summed E-state index contributed by atoms with van der Waals surface area (Å²) in [6.45, 7) is 6.50. The van der Waals surface area contributed by atoms with Gasteiger partial charge in [0, 0.05) is 30.8 Å². The molecule has 6 nitrogen and oxygen atoms in total. The summed E-state index contributed by atoms with van der Waals surface area (Å²) in [5.41, 5.74) is 2.65. The second-order valence-corrected chi connectivity index (χ2v) is 12.0. The molecule has 4 aromatic rings. The molecular weight excluding hydrogens is 627 g/mol. The summed E-state index contributed by atoms with van der Waals surface area (Å²) in [6.07, 6.45) is -1.80. The summed E-state index contributed by atoms with van der Waals surface area (Å²) >= 11 is 0. The van der Waals surface area contributed by atoms with Crippen molar-refractivity contribution in [1.82, 2.24) is 19.8 Å². The highest BCUT2D eigenvalue weighted by Crippen LogP contribution is 2.31. The number of carbonyl (C=O) groups excluding carboxylic acids is 1. The molecule has 0 bridgehead atoms. The lowest BCUT2D eigenvalue weighted by molar-refractivity contribution is -0.137. The number of hydrogen-bond acceptors (Lipinski definition) is 4. The lowest BCUT2D eigenvalue weighted by Gasteiger charge is -2.28. The second-order valence-electron chi connectivity index (χ2n) is 12.0. The summed E-state index contributed by atoms with van der Waals surface area (Å²) in [4.78, 5) is 33.7. The van der Waals surface area contributed by atoms with E-state index in [1.807, 2.05) is 30.5 Å². The molecule has 0 spiro atoms. The van der Waals surface area contributed by atoms with Crippen LogP contribution < -0.4 is 10.9 Å². The van der Waals surface area contributed by atoms with Crippen LogP contribution in [-0.2, 0) is 43.2 Å². The maximum Gasteiger partial charge on any atom is 0.416 e. The van der Waals surface area contributed by atoms with Crippen LogP contribution in [0.1, 0.15) is 66.5 Å². The number of aryl methyl sites for hydroxylation is 2. The molecule has 0 radical (unpaired) electrons. The van der Waals surface area contributed by atoms with Crippen LogP contribution in [0.25, 0.3) is 11.1 Å². The fourth-order valence-corrected chi connectivity index (χ4v) is 6.35. The van der Waals surface area contributed by atoms with Crippen molar-refractivity contribution in [3.05, 3.63) is 122 Å². The van der Waals surface area contributed by atoms with Crippen LogP contribution >= 0.6 is 0 Å². The number of fused-ring (bicyclic) bond motifs is 1. The zero-order valence-electron chi connectivity index (χ0n) is 27.0. The largest absolute Gasteiger partial charge is 0.416 e. The van der Waals surface area contributed by atoms with E-state index in [2.05, 4.69) is 15.2 Å². The number of alkyl halides is 3. The first-order valence-electron chi connectivity index (χ1n) is 16.3. The van der Waals surface area contributed by atoms with E-state index in [9.17, 15) is 31.5 Å². The van der Waals surface area contributed by atoms with E-state index in [4.69, 9.17) is 0 Å². The molecule has 1 N–H and O–H groups in total. The first-order valence-corrected chi connectivity index (χ1v) is 16.3. The molecule has 1 unspecified atom stereocenters. The Kier molecular flexibility index (Phi) is 11.1. The maximum absolute atomic E-state index is 14.5. The van der Waals surface area contributed by atoms with Gasteiger partial charge >= 0.3 is 6.18 Å². The third-order valence-corrected chi connectivity index (χ3v) is 9.09. The molecule has 254 valence electrons. The van der Waals surface area contributed by atoms with Gasteiger partial charge in [-0.05, 0) is 85.6 Å². The van der Waals surface area contributed by atoms with Gasteiger partial charge in [-0.15, -0.1) is 0 Å². The smallest absolute Gasteiger partial charge is 0.350 e. The van der Waals surface area contributed by atoms with Crippen molar-refractivity contribution in [3.8, 4) is 11.1 Å². The number of nitrogens with zero attached hydrogens (tertiary/aromatic N) is 3. The van der Waals surface area contributed by atoms with E-state index in [0.717, 1.165) is 54.5 Å². The van der Waals surface area contributed by atoms with Gasteiger partial charge in [0.25, 0.3) is 5.56 Å². The van der Waals surface area contributed by atoms with Gasteiger partial charge in [-0.1, -0.05) is 62.4 Å². The van der Waals surface area contributed by atoms with Gasteiger partial charge in [-0.25, -0.2) is 8.78 Å². The Balaban J connectivity index is 1.40. The summed E-state index contributed by atoms with van der Waals surface area (Å²) < 4.78 is 69.3. The lowest BCUT2D eigenvalue weighted by Crippen LogP contribution is -2.38. The minimum atomic E-state index is -4.41. The standard InChI is InChI=1S/C37H39F5N4O2/c1-3-45(4-2)22-21-32(36(48)43-23-24-11-13-25(14-12-24)26-15-18-28(19-16-26)37(40,41)42)46-31-10-6-8-29(31)35(47)44-33(46)20-17-27-7-5-9-30(38)34(27)39/h5,7,9,11-16,18-19,32H,3-4,6,8,10,17,20-23H2,1-2H3,(H,43,48). The number of hydrogen-bond donors (Lipinski definition) is 1. The van der Waals surface area contributed by atoms with Gasteiger partial charge in [0.05, 0.1) is 5.56 Å². The van der Waals surface area contributed by atoms with E-state index < -0.39 is 29.4 Å². The Bertz CT molecular complexity index is 1780. The van der Waals surface area contributed by atoms with E-state index in [1.54, 1.807) is 12.1 Å². The minimum absolute atomic E-state index is 0.102. The molecule has 11 heteroatoms. The van der Waals surface area contributed by atoms with Gasteiger partial charge in [0.2, 0.25) is 5.91 Å². The van der Waals surface area contributed by atoms with E-state index in [1.165, 1.54) is 24.3 Å². The molecule has 1 heterocycles. The third-order valence-electron chi connectivity index (χ3n) is 9.09. The van der Waals surface area contributed by atoms with Crippen LogP contribution in [-0.4, -0.2) is 40.0 Å². The highest BCUT2D eigenvalue weighted by Gasteiger charge is 2.31. The van der Waals surface area contributed by atoms with Crippen molar-refractivity contribution < 1.29 is 26.7 Å². The number of rotatable bonds is 13. The summed E-state index contributed by atoms with van der Waals surface area (Å²) in [5.74, 6) is -1.78. The predicted octanol–water partition coefficient (Wildman–Crippen LogP) is 7.07. The average molecular weight is 667 g/mol. The van der Waals surface area contributed by atoms with Crippen molar-refractivity contribution in [2.45, 2.75) is 71.1 Å². The van der Waals surface area contributed by atoms with Gasteiger partial charge in [-0.2, -0.15) is 18.2 Å². The molecule has 0 saturated carbocycles. The van der Waals surface area contributed by atoms with Crippen molar-refractivity contribution in [1.29, 1.82) is 0 Å². The first kappa shape index (κ1) is 34.9. The van der Waals surface area contributed by atoms with Crippen LogP contribution in [0.4, 0.5) is 22.0 Å². The number of amides is 1. The molecule has 1 aliphatic carbocycles. The molecule has 0 saturated heterocycles. The van der Waals surface area contributed by atoms with Gasteiger partial charge < -0.3 is 14.8 Å². The predicted molar refractivity (Wildman–Crippen MR) is 174 cm³/mol. The van der Waals surface area contributed by atoms with Crippen molar-refractivity contribution >= 4 is 5.91 Å². The Hall–Kier alpha value is -4.38. The van der Waals surface area contributed by atoms with E-state index >= 15 is 0 Å². The number of aromatic nitrogens is 2. The zero-order chi connectivity index (χ0) is 34.4. The normalized spacial score (nSPS) is 13.5. The first-order chi connectivity index (χ1) is 23.0. The molecule has 0 fully saturated rings. The molecular formula is C37H39F5N4O2. The number of halogens is 5. The van der Waals surface area contributed by atoms with Crippen molar-refractivity contribution in [2.24, 2.45) is 0 Å². The summed E-state index contributed by atoms with van der Waals surface area (Å²) in [6, 6.07) is 15.5. The summed E-state index contributed by atoms with van der Waals surface area (Å²) in [5, 5.41) is 3.05. The fraction of sp³-hybridized carbons (Fsp3) is 0.378. The quantitative estimate of drug-likeness (QED) is 0.155. The van der Waals surface area contributed by atoms with Crippen molar-refractivity contribution in [2.75, 3.05) is 19.6 Å². The van der Waals surface area contributed by atoms with Gasteiger partial charge in [-0.3, -0.25) is 9.59 Å². The molecule has 3 aromatic carbocycles. The Morgan fingerprint density at radius 1 is 0.938 bits per heavy atom. The van der Waals surface area contributed by atoms with E-state index in [-0.39, 0.29) is 36.4 Å². The summed E-state index contributed by atoms with van der Waals surface area (Å²) in [7, 11) is 0. The highest BCUT2D eigenvalue weighted by atomic mass is 19.4. The third kappa shape index (κ3) is 8.01. The molecule has 5 rings (SSSR count). The second kappa shape index (κ2) is 15.2. The Morgan fingerprint density at radius 2 is 1.60 bits per heavy atom. The van der Waals surface area contributed by atoms with Crippen LogP contribution in [0, 0.1) is 11.6 Å². The fourth-order valence-electron chi connectivity index (χ4n) is 6.35. The van der Waals surface area contributed by atoms with Gasteiger partial charge in [0.1, 0.15) is 11.9 Å². The average Bonchev–Trinajstić information content (AvgIpc) is 3.58. The monoisotopic (exact) mass is 666 g/mol. The van der Waals surface area contributed by atoms with Crippen LogP contribution in [0.2, 0.25) is 0 Å². The van der Waals surface area contributed by atoms with E-state index in [0.29, 0.717) is 42.8 Å². The topological polar surface area (TPSA) is 67.2 Å². The van der Waals surface area contributed by atoms with Gasteiger partial charge in [0.15, 0.2) is 11.6 Å². The highest BCUT2D eigenvalue weighted by molar-refractivity contribution is 5.80. The van der Waals surface area contributed by atoms with Crippen LogP contribution in [0.5, 0.6) is 0 Å². The Labute approximate surface area is 276 Å². The number of carbonyl (C=O) groups is 1. The zero-order valence-corrected chi connectivity index (χ0v) is 27.0. The molecule has 48 heavy (non-hydrogen) atoms. The number of benzene rings is 3. The SMILES string of the molecule is CCN(CC)CCC(C(=O)NCc1ccc(-c2ccc(C(F)(F)F)cc2)cc1)n1c(CCc2cccc(F)c2F)nc(=O)c2c1CCC2. The maximum atomic E-state index is 14.5. The molecule has 1 amide bonds. The van der Waals surface area contributed by atoms with Crippen molar-refractivity contribution in [3.63, 3.8) is 0 Å². The molecule has 1 aliphatic rings. The minimum Gasteiger partial charge on any atom is -0.350 e. The van der Waals surface area contributed by atoms with Crippen LogP contribution in [0.15, 0.2) is 71.5 Å². The number of nitrogens with one attached hydrogen (secondary N) is 1. The lowest BCUT2D eigenvalue weighted by atomic mass is 10.0. The Morgan fingerprint density at radius 3 is 2.25 bits per heavy atom. The molecule has 0 aliphatic heterocycles. The molecule has 1 atom stereocenters. The van der Waals surface area contributed by atoms with Crippen LogP contribution in [0.3, 0.4) is 0 Å². The molecule has 1 aromatic heterocycles.